The molecule has 0 saturated heterocycles. The van der Waals surface area contributed by atoms with Gasteiger partial charge in [-0.15, -0.1) is 0 Å². The van der Waals surface area contributed by atoms with Crippen molar-refractivity contribution >= 4 is 15.9 Å². The second kappa shape index (κ2) is 7.05. The van der Waals surface area contributed by atoms with Crippen LogP contribution in [0.4, 0.5) is 0 Å². The minimum atomic E-state index is -0.0158. The summed E-state index contributed by atoms with van der Waals surface area (Å²) >= 11 is 3.50. The summed E-state index contributed by atoms with van der Waals surface area (Å²) in [6.07, 6.45) is 2.61. The fourth-order valence-corrected chi connectivity index (χ4v) is 2.45. The van der Waals surface area contributed by atoms with Gasteiger partial charge in [0, 0.05) is 10.5 Å². The normalized spacial score (nSPS) is 12.5. The lowest BCUT2D eigenvalue weighted by atomic mass is 10.0. The van der Waals surface area contributed by atoms with Crippen LogP contribution in [0.5, 0.6) is 11.5 Å². The average molecular weight is 349 g/mol. The number of nitrogens with two attached hydrogens (primary N) is 1. The van der Waals surface area contributed by atoms with Gasteiger partial charge >= 0.3 is 0 Å². The van der Waals surface area contributed by atoms with Gasteiger partial charge in [0.25, 0.3) is 0 Å². The first kappa shape index (κ1) is 16.0. The van der Waals surface area contributed by atoms with Crippen LogP contribution < -0.4 is 10.5 Å². The van der Waals surface area contributed by atoms with Crippen LogP contribution in [0.25, 0.3) is 0 Å². The lowest BCUT2D eigenvalue weighted by molar-refractivity contribution is 0.469. The summed E-state index contributed by atoms with van der Waals surface area (Å²) < 4.78 is 7.03. The molecule has 2 rings (SSSR count). The van der Waals surface area contributed by atoms with E-state index in [1.165, 1.54) is 5.56 Å². The van der Waals surface area contributed by atoms with Gasteiger partial charge in [-0.2, -0.15) is 0 Å². The molecule has 1 aromatic carbocycles. The van der Waals surface area contributed by atoms with Gasteiger partial charge in [0.05, 0.1) is 11.9 Å². The number of pyridine rings is 1. The summed E-state index contributed by atoms with van der Waals surface area (Å²) in [7, 11) is 0. The number of hydrogen-bond donors (Lipinski definition) is 1. The van der Waals surface area contributed by atoms with Crippen LogP contribution in [0.15, 0.2) is 41.0 Å². The Kier molecular flexibility index (Phi) is 5.37. The van der Waals surface area contributed by atoms with Crippen molar-refractivity contribution in [3.05, 3.63) is 52.3 Å². The zero-order valence-corrected chi connectivity index (χ0v) is 14.2. The van der Waals surface area contributed by atoms with Crippen LogP contribution in [0.3, 0.4) is 0 Å². The second-order valence-corrected chi connectivity index (χ2v) is 6.29. The molecule has 112 valence electrons. The third-order valence-corrected chi connectivity index (χ3v) is 3.89. The van der Waals surface area contributed by atoms with E-state index in [0.29, 0.717) is 5.92 Å². The Balaban J connectivity index is 2.22. The summed E-state index contributed by atoms with van der Waals surface area (Å²) in [4.78, 5) is 4.38. The molecule has 2 N–H and O–H groups in total. The van der Waals surface area contributed by atoms with Crippen molar-refractivity contribution in [2.45, 2.75) is 39.2 Å². The lowest BCUT2D eigenvalue weighted by Crippen LogP contribution is -2.10. The second-order valence-electron chi connectivity index (χ2n) is 5.37. The maximum Gasteiger partial charge on any atom is 0.145 e. The molecule has 0 saturated carbocycles. The first-order valence-corrected chi connectivity index (χ1v) is 7.99. The molecular weight excluding hydrogens is 328 g/mol. The van der Waals surface area contributed by atoms with Gasteiger partial charge in [-0.05, 0) is 48.2 Å². The number of rotatable bonds is 5. The van der Waals surface area contributed by atoms with E-state index in [9.17, 15) is 0 Å². The number of benzene rings is 1. The Morgan fingerprint density at radius 3 is 2.57 bits per heavy atom. The zero-order valence-electron chi connectivity index (χ0n) is 12.6. The van der Waals surface area contributed by atoms with Gasteiger partial charge in [0.1, 0.15) is 11.5 Å². The van der Waals surface area contributed by atoms with Gasteiger partial charge in [0.2, 0.25) is 0 Å². The van der Waals surface area contributed by atoms with E-state index in [2.05, 4.69) is 40.8 Å². The van der Waals surface area contributed by atoms with Crippen molar-refractivity contribution in [2.24, 2.45) is 5.73 Å². The maximum absolute atomic E-state index is 5.97. The molecule has 4 heteroatoms. The molecule has 1 atom stereocenters. The maximum atomic E-state index is 5.97. The quantitative estimate of drug-likeness (QED) is 0.810. The predicted molar refractivity (Wildman–Crippen MR) is 89.8 cm³/mol. The Bertz CT molecular complexity index is 596. The number of hydrogen-bond acceptors (Lipinski definition) is 3. The molecule has 2 aromatic rings. The minimum absolute atomic E-state index is 0.0158. The van der Waals surface area contributed by atoms with Crippen LogP contribution in [0, 0.1) is 0 Å². The average Bonchev–Trinajstić information content (AvgIpc) is 2.49. The third-order valence-electron chi connectivity index (χ3n) is 3.40. The molecule has 0 radical (unpaired) electrons. The zero-order chi connectivity index (χ0) is 15.4. The highest BCUT2D eigenvalue weighted by Crippen LogP contribution is 2.32. The number of nitrogens with zero attached hydrogens (tertiary/aromatic N) is 1. The van der Waals surface area contributed by atoms with E-state index in [-0.39, 0.29) is 6.04 Å². The van der Waals surface area contributed by atoms with E-state index in [0.717, 1.165) is 28.1 Å². The van der Waals surface area contributed by atoms with E-state index in [1.807, 2.05) is 31.2 Å². The first-order chi connectivity index (χ1) is 10.0. The SMILES string of the molecule is CCC(N)c1ccc(Oc2ccc(Br)cc2C(C)C)cn1. The molecule has 1 aromatic heterocycles. The predicted octanol–water partition coefficient (Wildman–Crippen LogP) is 5.17. The van der Waals surface area contributed by atoms with Crippen molar-refractivity contribution in [1.29, 1.82) is 0 Å². The summed E-state index contributed by atoms with van der Waals surface area (Å²) in [5.41, 5.74) is 8.03. The minimum Gasteiger partial charge on any atom is -0.455 e. The van der Waals surface area contributed by atoms with Gasteiger partial charge in [-0.3, -0.25) is 4.98 Å². The lowest BCUT2D eigenvalue weighted by Gasteiger charge is -2.15. The van der Waals surface area contributed by atoms with Gasteiger partial charge in [-0.25, -0.2) is 0 Å². The van der Waals surface area contributed by atoms with E-state index < -0.39 is 0 Å². The standard InChI is InChI=1S/C17H21BrN2O/c1-4-15(19)16-7-6-13(10-20-16)21-17-8-5-12(18)9-14(17)11(2)3/h5-11,15H,4,19H2,1-3H3. The van der Waals surface area contributed by atoms with Crippen molar-refractivity contribution in [1.82, 2.24) is 4.98 Å². The molecule has 1 heterocycles. The van der Waals surface area contributed by atoms with Crippen LogP contribution in [0.1, 0.15) is 50.4 Å². The molecule has 0 aliphatic carbocycles. The van der Waals surface area contributed by atoms with Crippen molar-refractivity contribution in [3.8, 4) is 11.5 Å². The fraction of sp³-hybridized carbons (Fsp3) is 0.353. The number of ether oxygens (including phenoxy) is 1. The Morgan fingerprint density at radius 2 is 2.00 bits per heavy atom. The van der Waals surface area contributed by atoms with Gasteiger partial charge < -0.3 is 10.5 Å². The molecule has 3 nitrogen and oxygen atoms in total. The molecule has 0 spiro atoms. The fourth-order valence-electron chi connectivity index (χ4n) is 2.07. The van der Waals surface area contributed by atoms with Crippen molar-refractivity contribution < 1.29 is 4.74 Å². The highest BCUT2D eigenvalue weighted by molar-refractivity contribution is 9.10. The molecule has 0 amide bonds. The summed E-state index contributed by atoms with van der Waals surface area (Å²) in [5.74, 6) is 1.98. The van der Waals surface area contributed by atoms with Gasteiger partial charge in [-0.1, -0.05) is 36.7 Å². The largest absolute Gasteiger partial charge is 0.455 e. The van der Waals surface area contributed by atoms with E-state index in [4.69, 9.17) is 10.5 Å². The smallest absolute Gasteiger partial charge is 0.145 e. The van der Waals surface area contributed by atoms with Crippen molar-refractivity contribution in [3.63, 3.8) is 0 Å². The van der Waals surface area contributed by atoms with Crippen LogP contribution in [-0.4, -0.2) is 4.98 Å². The molecule has 0 bridgehead atoms. The van der Waals surface area contributed by atoms with E-state index >= 15 is 0 Å². The molecule has 21 heavy (non-hydrogen) atoms. The van der Waals surface area contributed by atoms with Crippen molar-refractivity contribution in [2.75, 3.05) is 0 Å². The molecule has 1 unspecified atom stereocenters. The third kappa shape index (κ3) is 4.05. The van der Waals surface area contributed by atoms with E-state index in [1.54, 1.807) is 6.20 Å². The Morgan fingerprint density at radius 1 is 1.24 bits per heavy atom. The van der Waals surface area contributed by atoms with Crippen LogP contribution in [-0.2, 0) is 0 Å². The molecule has 0 aliphatic rings. The summed E-state index contributed by atoms with van der Waals surface area (Å²) in [6, 6.07) is 9.88. The topological polar surface area (TPSA) is 48.1 Å². The summed E-state index contributed by atoms with van der Waals surface area (Å²) in [5, 5.41) is 0. The Labute approximate surface area is 134 Å². The first-order valence-electron chi connectivity index (χ1n) is 7.20. The molecule has 0 fully saturated rings. The van der Waals surface area contributed by atoms with Crippen LogP contribution in [0.2, 0.25) is 0 Å². The monoisotopic (exact) mass is 348 g/mol. The number of halogens is 1. The summed E-state index contributed by atoms with van der Waals surface area (Å²) in [6.45, 7) is 6.35. The molecule has 0 aliphatic heterocycles. The van der Waals surface area contributed by atoms with Crippen LogP contribution >= 0.6 is 15.9 Å². The number of aromatic nitrogens is 1. The highest BCUT2D eigenvalue weighted by Gasteiger charge is 2.10. The van der Waals surface area contributed by atoms with Gasteiger partial charge in [0.15, 0.2) is 0 Å². The Hall–Kier alpha value is -1.39. The highest BCUT2D eigenvalue weighted by atomic mass is 79.9. The molecular formula is C17H21BrN2O.